The van der Waals surface area contributed by atoms with Gasteiger partial charge in [0.05, 0.1) is 0 Å². The molecular formula is C12H8Br2OS. The van der Waals surface area contributed by atoms with Gasteiger partial charge in [-0.3, -0.25) is 4.79 Å². The topological polar surface area (TPSA) is 17.1 Å². The van der Waals surface area contributed by atoms with E-state index in [4.69, 9.17) is 0 Å². The molecule has 0 aliphatic rings. The molecule has 0 unspecified atom stereocenters. The molecule has 0 aliphatic carbocycles. The lowest BCUT2D eigenvalue weighted by Crippen LogP contribution is -2.00. The number of hydrogen-bond donors (Lipinski definition) is 0. The SMILES string of the molecule is Cc1cc(C(=O)c2ccc(Br)cc2Br)cs1. The van der Waals surface area contributed by atoms with Crippen molar-refractivity contribution in [2.45, 2.75) is 6.92 Å². The van der Waals surface area contributed by atoms with Crippen molar-refractivity contribution in [2.75, 3.05) is 0 Å². The Morgan fingerprint density at radius 2 is 2.00 bits per heavy atom. The summed E-state index contributed by atoms with van der Waals surface area (Å²) >= 11 is 8.36. The Kier molecular flexibility index (Phi) is 3.62. The lowest BCUT2D eigenvalue weighted by Gasteiger charge is -2.02. The summed E-state index contributed by atoms with van der Waals surface area (Å²) in [6.45, 7) is 2.00. The molecule has 0 N–H and O–H groups in total. The average molecular weight is 360 g/mol. The molecule has 1 heterocycles. The number of halogens is 2. The van der Waals surface area contributed by atoms with Crippen molar-refractivity contribution in [2.24, 2.45) is 0 Å². The molecule has 0 aliphatic heterocycles. The fourth-order valence-electron chi connectivity index (χ4n) is 1.39. The van der Waals surface area contributed by atoms with Gasteiger partial charge in [-0.15, -0.1) is 11.3 Å². The largest absolute Gasteiger partial charge is 0.289 e. The van der Waals surface area contributed by atoms with Crippen LogP contribution in [0, 0.1) is 6.92 Å². The molecule has 16 heavy (non-hydrogen) atoms. The summed E-state index contributed by atoms with van der Waals surface area (Å²) in [7, 11) is 0. The normalized spacial score (nSPS) is 10.4. The zero-order valence-electron chi connectivity index (χ0n) is 8.46. The maximum atomic E-state index is 12.2. The smallest absolute Gasteiger partial charge is 0.195 e. The Balaban J connectivity index is 2.41. The molecule has 0 fully saturated rings. The molecule has 0 spiro atoms. The molecule has 0 saturated carbocycles. The summed E-state index contributed by atoms with van der Waals surface area (Å²) in [5.74, 6) is 0.0590. The van der Waals surface area contributed by atoms with Crippen LogP contribution < -0.4 is 0 Å². The predicted octanol–water partition coefficient (Wildman–Crippen LogP) is 4.81. The van der Waals surface area contributed by atoms with E-state index in [0.29, 0.717) is 5.56 Å². The zero-order chi connectivity index (χ0) is 11.7. The van der Waals surface area contributed by atoms with E-state index in [1.54, 1.807) is 11.3 Å². The van der Waals surface area contributed by atoms with Crippen molar-refractivity contribution in [1.29, 1.82) is 0 Å². The lowest BCUT2D eigenvalue weighted by molar-refractivity contribution is 0.103. The van der Waals surface area contributed by atoms with Gasteiger partial charge in [-0.1, -0.05) is 15.9 Å². The molecule has 4 heteroatoms. The Morgan fingerprint density at radius 3 is 2.56 bits per heavy atom. The molecule has 0 radical (unpaired) electrons. The minimum absolute atomic E-state index is 0.0590. The number of aryl methyl sites for hydroxylation is 1. The molecule has 0 atom stereocenters. The molecule has 0 bridgehead atoms. The molecule has 1 aromatic heterocycles. The van der Waals surface area contributed by atoms with Gasteiger partial charge in [0.1, 0.15) is 0 Å². The number of rotatable bonds is 2. The summed E-state index contributed by atoms with van der Waals surface area (Å²) in [5, 5.41) is 1.89. The van der Waals surface area contributed by atoms with E-state index in [9.17, 15) is 4.79 Å². The highest BCUT2D eigenvalue weighted by molar-refractivity contribution is 9.11. The Bertz CT molecular complexity index is 546. The van der Waals surface area contributed by atoms with Crippen molar-refractivity contribution in [3.05, 3.63) is 54.6 Å². The molecule has 0 amide bonds. The van der Waals surface area contributed by atoms with Gasteiger partial charge in [0.15, 0.2) is 5.78 Å². The second-order valence-electron chi connectivity index (χ2n) is 3.40. The Morgan fingerprint density at radius 1 is 1.25 bits per heavy atom. The van der Waals surface area contributed by atoms with Crippen molar-refractivity contribution < 1.29 is 4.79 Å². The summed E-state index contributed by atoms with van der Waals surface area (Å²) in [6, 6.07) is 7.49. The van der Waals surface area contributed by atoms with Gasteiger partial charge in [0, 0.05) is 30.3 Å². The van der Waals surface area contributed by atoms with E-state index in [1.807, 2.05) is 36.6 Å². The molecule has 82 valence electrons. The van der Waals surface area contributed by atoms with Crippen LogP contribution in [0.4, 0.5) is 0 Å². The number of carbonyl (C=O) groups is 1. The van der Waals surface area contributed by atoms with E-state index in [-0.39, 0.29) is 5.78 Å². The van der Waals surface area contributed by atoms with E-state index in [0.717, 1.165) is 19.4 Å². The third-order valence-corrected chi connectivity index (χ3v) is 4.18. The van der Waals surface area contributed by atoms with Crippen LogP contribution in [0.1, 0.15) is 20.8 Å². The zero-order valence-corrected chi connectivity index (χ0v) is 12.4. The lowest BCUT2D eigenvalue weighted by atomic mass is 10.1. The third kappa shape index (κ3) is 2.44. The second kappa shape index (κ2) is 4.82. The Hall–Kier alpha value is -0.450. The highest BCUT2D eigenvalue weighted by Crippen LogP contribution is 2.25. The highest BCUT2D eigenvalue weighted by atomic mass is 79.9. The molecular weight excluding hydrogens is 352 g/mol. The standard InChI is InChI=1S/C12H8Br2OS/c1-7-4-8(6-16-7)12(15)10-3-2-9(13)5-11(10)14/h2-6H,1H3. The van der Waals surface area contributed by atoms with Crippen molar-refractivity contribution in [3.63, 3.8) is 0 Å². The summed E-state index contributed by atoms with van der Waals surface area (Å²) < 4.78 is 1.77. The number of hydrogen-bond acceptors (Lipinski definition) is 2. The van der Waals surface area contributed by atoms with Gasteiger partial charge in [-0.2, -0.15) is 0 Å². The van der Waals surface area contributed by atoms with Crippen LogP contribution >= 0.6 is 43.2 Å². The van der Waals surface area contributed by atoms with Gasteiger partial charge in [0.25, 0.3) is 0 Å². The van der Waals surface area contributed by atoms with Gasteiger partial charge < -0.3 is 0 Å². The Labute approximate surface area is 115 Å². The van der Waals surface area contributed by atoms with Crippen LogP contribution in [0.25, 0.3) is 0 Å². The number of ketones is 1. The number of benzene rings is 1. The summed E-state index contributed by atoms with van der Waals surface area (Å²) in [6.07, 6.45) is 0. The van der Waals surface area contributed by atoms with E-state index < -0.39 is 0 Å². The molecule has 0 saturated heterocycles. The fourth-order valence-corrected chi connectivity index (χ4v) is 3.30. The van der Waals surface area contributed by atoms with Crippen molar-refractivity contribution >= 4 is 49.0 Å². The average Bonchev–Trinajstić information content (AvgIpc) is 2.64. The number of carbonyl (C=O) groups excluding carboxylic acids is 1. The van der Waals surface area contributed by atoms with Crippen LogP contribution in [-0.2, 0) is 0 Å². The third-order valence-electron chi connectivity index (χ3n) is 2.17. The maximum Gasteiger partial charge on any atom is 0.195 e. The van der Waals surface area contributed by atoms with E-state index >= 15 is 0 Å². The van der Waals surface area contributed by atoms with Crippen LogP contribution in [0.15, 0.2) is 38.6 Å². The molecule has 1 nitrogen and oxygen atoms in total. The second-order valence-corrected chi connectivity index (χ2v) is 6.28. The van der Waals surface area contributed by atoms with Gasteiger partial charge in [-0.05, 0) is 47.1 Å². The summed E-state index contributed by atoms with van der Waals surface area (Å²) in [4.78, 5) is 13.3. The number of thiophene rings is 1. The highest BCUT2D eigenvalue weighted by Gasteiger charge is 2.13. The minimum Gasteiger partial charge on any atom is -0.289 e. The van der Waals surface area contributed by atoms with Crippen molar-refractivity contribution in [3.8, 4) is 0 Å². The monoisotopic (exact) mass is 358 g/mol. The van der Waals surface area contributed by atoms with E-state index in [1.165, 1.54) is 0 Å². The first-order valence-corrected chi connectivity index (χ1v) is 7.09. The van der Waals surface area contributed by atoms with Gasteiger partial charge in [-0.25, -0.2) is 0 Å². The quantitative estimate of drug-likeness (QED) is 0.703. The predicted molar refractivity (Wildman–Crippen MR) is 74.3 cm³/mol. The molecule has 1 aromatic carbocycles. The molecule has 2 rings (SSSR count). The van der Waals surface area contributed by atoms with Crippen LogP contribution in [0.3, 0.4) is 0 Å². The van der Waals surface area contributed by atoms with Gasteiger partial charge in [0.2, 0.25) is 0 Å². The van der Waals surface area contributed by atoms with Crippen LogP contribution in [0.5, 0.6) is 0 Å². The first-order valence-electron chi connectivity index (χ1n) is 4.63. The van der Waals surface area contributed by atoms with E-state index in [2.05, 4.69) is 31.9 Å². The minimum atomic E-state index is 0.0590. The summed E-state index contributed by atoms with van der Waals surface area (Å²) in [5.41, 5.74) is 1.45. The molecule has 2 aromatic rings. The first-order chi connectivity index (χ1) is 7.58. The van der Waals surface area contributed by atoms with Crippen LogP contribution in [0.2, 0.25) is 0 Å². The maximum absolute atomic E-state index is 12.2. The first kappa shape index (κ1) is 12.0. The van der Waals surface area contributed by atoms with Gasteiger partial charge >= 0.3 is 0 Å². The van der Waals surface area contributed by atoms with Crippen LogP contribution in [-0.4, -0.2) is 5.78 Å². The fraction of sp³-hybridized carbons (Fsp3) is 0.0833. The van der Waals surface area contributed by atoms with Crippen molar-refractivity contribution in [1.82, 2.24) is 0 Å².